The number of ether oxygens (including phenoxy) is 1. The van der Waals surface area contributed by atoms with E-state index in [9.17, 15) is 0 Å². The fraction of sp³-hybridized carbons (Fsp3) is 0.100. The van der Waals surface area contributed by atoms with Gasteiger partial charge in [0.2, 0.25) is 0 Å². The first kappa shape index (κ1) is 12.6. The van der Waals surface area contributed by atoms with E-state index in [1.807, 2.05) is 12.1 Å². The zero-order valence-electron chi connectivity index (χ0n) is 7.58. The van der Waals surface area contributed by atoms with Crippen molar-refractivity contribution < 1.29 is 9.94 Å². The Labute approximate surface area is 115 Å². The van der Waals surface area contributed by atoms with E-state index in [0.717, 1.165) is 18.5 Å². The Morgan fingerprint density at radius 2 is 2.07 bits per heavy atom. The highest BCUT2D eigenvalue weighted by Crippen LogP contribution is 2.28. The Hall–Kier alpha value is -0.490. The van der Waals surface area contributed by atoms with Crippen LogP contribution in [0.4, 0.5) is 0 Å². The fourth-order valence-corrected chi connectivity index (χ4v) is 3.10. The van der Waals surface area contributed by atoms with Gasteiger partial charge < -0.3 is 9.94 Å². The first-order chi connectivity index (χ1) is 7.19. The number of halogens is 2. The van der Waals surface area contributed by atoms with Crippen LogP contribution in [-0.4, -0.2) is 18.0 Å². The number of benzene rings is 1. The molecule has 1 rings (SSSR count). The van der Waals surface area contributed by atoms with Gasteiger partial charge in [0.1, 0.15) is 12.4 Å². The molecule has 0 aliphatic rings. The molecule has 0 heterocycles. The van der Waals surface area contributed by atoms with Crippen molar-refractivity contribution in [2.45, 2.75) is 0 Å². The van der Waals surface area contributed by atoms with Crippen LogP contribution in [-0.2, 0) is 0 Å². The monoisotopic (exact) mass is 427 g/mol. The SMILES string of the molecule is C#CCOc1c(I)cc(C=NO)cc1I. The largest absolute Gasteiger partial charge is 0.479 e. The molecule has 1 aromatic carbocycles. The summed E-state index contributed by atoms with van der Waals surface area (Å²) in [7, 11) is 0. The molecule has 0 aliphatic carbocycles. The average Bonchev–Trinajstić information content (AvgIpc) is 2.17. The number of nitrogens with zero attached hydrogens (tertiary/aromatic N) is 1. The van der Waals surface area contributed by atoms with Crippen LogP contribution in [0.3, 0.4) is 0 Å². The summed E-state index contributed by atoms with van der Waals surface area (Å²) in [6.45, 7) is 0.249. The quantitative estimate of drug-likeness (QED) is 0.265. The van der Waals surface area contributed by atoms with Gasteiger partial charge in [-0.15, -0.1) is 6.42 Å². The van der Waals surface area contributed by atoms with Gasteiger partial charge in [0.25, 0.3) is 0 Å². The van der Waals surface area contributed by atoms with Crippen molar-refractivity contribution in [3.05, 3.63) is 24.8 Å². The van der Waals surface area contributed by atoms with Crippen LogP contribution >= 0.6 is 45.2 Å². The van der Waals surface area contributed by atoms with Crippen molar-refractivity contribution in [3.8, 4) is 18.1 Å². The highest BCUT2D eigenvalue weighted by atomic mass is 127. The highest BCUT2D eigenvalue weighted by molar-refractivity contribution is 14.1. The van der Waals surface area contributed by atoms with Crippen molar-refractivity contribution in [2.75, 3.05) is 6.61 Å². The fourth-order valence-electron chi connectivity index (χ4n) is 0.972. The van der Waals surface area contributed by atoms with E-state index in [2.05, 4.69) is 56.3 Å². The van der Waals surface area contributed by atoms with E-state index in [1.165, 1.54) is 6.21 Å². The van der Waals surface area contributed by atoms with Crippen molar-refractivity contribution >= 4 is 51.4 Å². The predicted molar refractivity (Wildman–Crippen MR) is 75.6 cm³/mol. The second-order valence-electron chi connectivity index (χ2n) is 2.55. The second-order valence-corrected chi connectivity index (χ2v) is 4.88. The van der Waals surface area contributed by atoms with Crippen LogP contribution in [0, 0.1) is 19.5 Å². The van der Waals surface area contributed by atoms with Crippen molar-refractivity contribution in [1.82, 2.24) is 0 Å². The van der Waals surface area contributed by atoms with Crippen molar-refractivity contribution in [1.29, 1.82) is 0 Å². The van der Waals surface area contributed by atoms with Crippen LogP contribution in [0.25, 0.3) is 0 Å². The maximum Gasteiger partial charge on any atom is 0.148 e. The minimum absolute atomic E-state index is 0.249. The second kappa shape index (κ2) is 6.17. The summed E-state index contributed by atoms with van der Waals surface area (Å²) in [5.74, 6) is 3.18. The zero-order chi connectivity index (χ0) is 11.3. The molecule has 0 aromatic heterocycles. The summed E-state index contributed by atoms with van der Waals surface area (Å²) >= 11 is 4.30. The smallest absolute Gasteiger partial charge is 0.148 e. The van der Waals surface area contributed by atoms with Gasteiger partial charge >= 0.3 is 0 Å². The summed E-state index contributed by atoms with van der Waals surface area (Å²) in [5, 5.41) is 11.4. The van der Waals surface area contributed by atoms with Crippen LogP contribution in [0.1, 0.15) is 5.56 Å². The van der Waals surface area contributed by atoms with E-state index in [0.29, 0.717) is 0 Å². The van der Waals surface area contributed by atoms with Gasteiger partial charge in [0, 0.05) is 0 Å². The third-order valence-electron chi connectivity index (χ3n) is 1.53. The van der Waals surface area contributed by atoms with Crippen LogP contribution in [0.2, 0.25) is 0 Å². The summed E-state index contributed by atoms with van der Waals surface area (Å²) < 4.78 is 7.26. The van der Waals surface area contributed by atoms with E-state index in [4.69, 9.17) is 16.4 Å². The van der Waals surface area contributed by atoms with Gasteiger partial charge in [-0.2, -0.15) is 0 Å². The summed E-state index contributed by atoms with van der Waals surface area (Å²) in [6.07, 6.45) is 6.49. The first-order valence-corrected chi connectivity index (χ1v) is 6.07. The topological polar surface area (TPSA) is 41.8 Å². The molecule has 3 nitrogen and oxygen atoms in total. The maximum atomic E-state index is 8.42. The average molecular weight is 427 g/mol. The van der Waals surface area contributed by atoms with E-state index in [1.54, 1.807) is 0 Å². The normalized spacial score (nSPS) is 10.2. The minimum atomic E-state index is 0.249. The number of terminal acetylenes is 1. The minimum Gasteiger partial charge on any atom is -0.479 e. The molecule has 0 atom stereocenters. The lowest BCUT2D eigenvalue weighted by Gasteiger charge is -2.08. The van der Waals surface area contributed by atoms with E-state index >= 15 is 0 Å². The molecule has 0 unspecified atom stereocenters. The van der Waals surface area contributed by atoms with Crippen LogP contribution in [0.5, 0.6) is 5.75 Å². The Morgan fingerprint density at radius 3 is 2.53 bits per heavy atom. The lowest BCUT2D eigenvalue weighted by atomic mass is 10.2. The lowest BCUT2D eigenvalue weighted by Crippen LogP contribution is -1.99. The lowest BCUT2D eigenvalue weighted by molar-refractivity contribution is 0.322. The van der Waals surface area contributed by atoms with Crippen molar-refractivity contribution in [3.63, 3.8) is 0 Å². The van der Waals surface area contributed by atoms with Gasteiger partial charge in [-0.05, 0) is 62.9 Å². The summed E-state index contributed by atoms with van der Waals surface area (Å²) in [4.78, 5) is 0. The molecule has 0 bridgehead atoms. The molecule has 1 N–H and O–H groups in total. The number of hydrogen-bond donors (Lipinski definition) is 1. The molecular weight excluding hydrogens is 420 g/mol. The van der Waals surface area contributed by atoms with Crippen LogP contribution < -0.4 is 4.74 Å². The molecule has 0 saturated heterocycles. The van der Waals surface area contributed by atoms with Crippen molar-refractivity contribution in [2.24, 2.45) is 5.16 Å². The van der Waals surface area contributed by atoms with Gasteiger partial charge in [-0.1, -0.05) is 11.1 Å². The molecule has 0 radical (unpaired) electrons. The molecule has 0 spiro atoms. The van der Waals surface area contributed by atoms with Gasteiger partial charge in [-0.25, -0.2) is 0 Å². The molecule has 0 aliphatic heterocycles. The molecule has 78 valence electrons. The molecule has 0 amide bonds. The third-order valence-corrected chi connectivity index (χ3v) is 3.13. The molecule has 15 heavy (non-hydrogen) atoms. The van der Waals surface area contributed by atoms with Gasteiger partial charge in [-0.3, -0.25) is 0 Å². The highest BCUT2D eigenvalue weighted by Gasteiger charge is 2.07. The molecule has 0 fully saturated rings. The number of rotatable bonds is 3. The molecule has 1 aromatic rings. The Bertz CT molecular complexity index is 401. The summed E-state index contributed by atoms with van der Waals surface area (Å²) in [5.41, 5.74) is 0.819. The van der Waals surface area contributed by atoms with Gasteiger partial charge in [0.15, 0.2) is 0 Å². The summed E-state index contributed by atoms with van der Waals surface area (Å²) in [6, 6.07) is 3.71. The number of hydrogen-bond acceptors (Lipinski definition) is 3. The van der Waals surface area contributed by atoms with E-state index < -0.39 is 0 Å². The molecule has 5 heteroatoms. The molecule has 0 saturated carbocycles. The Balaban J connectivity index is 3.05. The standard InChI is InChI=1S/C10H7I2NO2/c1-2-3-15-10-8(11)4-7(6-13-14)5-9(10)12/h1,4-6,14H,3H2. The Kier molecular flexibility index (Phi) is 5.17. The third kappa shape index (κ3) is 3.53. The zero-order valence-corrected chi connectivity index (χ0v) is 11.9. The molecular formula is C10H7I2NO2. The van der Waals surface area contributed by atoms with E-state index in [-0.39, 0.29) is 6.61 Å². The van der Waals surface area contributed by atoms with Gasteiger partial charge in [0.05, 0.1) is 13.4 Å². The first-order valence-electron chi connectivity index (χ1n) is 3.91. The number of oxime groups is 1. The maximum absolute atomic E-state index is 8.42. The predicted octanol–water partition coefficient (Wildman–Crippen LogP) is 2.72. The van der Waals surface area contributed by atoms with Crippen LogP contribution in [0.15, 0.2) is 17.3 Å². The Morgan fingerprint density at radius 1 is 1.47 bits per heavy atom.